The molecule has 3 rings (SSSR count). The molecule has 2 unspecified atom stereocenters. The van der Waals surface area contributed by atoms with Crippen LogP contribution in [0, 0.1) is 18.8 Å². The maximum Gasteiger partial charge on any atom is 0.0718 e. The monoisotopic (exact) mass is 286 g/mol. The lowest BCUT2D eigenvalue weighted by Crippen LogP contribution is -2.46. The van der Waals surface area contributed by atoms with Gasteiger partial charge in [-0.05, 0) is 37.2 Å². The van der Waals surface area contributed by atoms with Gasteiger partial charge in [-0.1, -0.05) is 74.8 Å². The second-order valence-electron chi connectivity index (χ2n) is 7.52. The Balaban J connectivity index is 1.77. The summed E-state index contributed by atoms with van der Waals surface area (Å²) in [6.07, 6.45) is 12.5. The molecule has 0 heterocycles. The van der Waals surface area contributed by atoms with Crippen LogP contribution in [0.3, 0.4) is 0 Å². The maximum atomic E-state index is 11.4. The summed E-state index contributed by atoms with van der Waals surface area (Å²) in [4.78, 5) is 0. The van der Waals surface area contributed by atoms with E-state index in [4.69, 9.17) is 0 Å². The molecule has 0 amide bonds. The average molecular weight is 286 g/mol. The normalized spacial score (nSPS) is 31.2. The molecule has 2 aliphatic carbocycles. The van der Waals surface area contributed by atoms with Gasteiger partial charge in [0.1, 0.15) is 0 Å². The SMILES string of the molecule is Cc1cccc(CC2(O)CCCCC2C2CCCCC2)c1. The summed E-state index contributed by atoms with van der Waals surface area (Å²) in [5, 5.41) is 11.4. The summed E-state index contributed by atoms with van der Waals surface area (Å²) >= 11 is 0. The van der Waals surface area contributed by atoms with Crippen molar-refractivity contribution in [3.8, 4) is 0 Å². The fourth-order valence-electron chi connectivity index (χ4n) is 4.86. The molecule has 0 radical (unpaired) electrons. The highest BCUT2D eigenvalue weighted by Crippen LogP contribution is 2.45. The van der Waals surface area contributed by atoms with E-state index in [9.17, 15) is 5.11 Å². The second-order valence-corrected chi connectivity index (χ2v) is 7.52. The molecule has 0 aliphatic heterocycles. The Kier molecular flexibility index (Phi) is 4.69. The van der Waals surface area contributed by atoms with Crippen LogP contribution in [-0.2, 0) is 6.42 Å². The largest absolute Gasteiger partial charge is 0.389 e. The van der Waals surface area contributed by atoms with Crippen LogP contribution in [-0.4, -0.2) is 10.7 Å². The lowest BCUT2D eigenvalue weighted by Gasteiger charge is -2.45. The predicted molar refractivity (Wildman–Crippen MR) is 88.4 cm³/mol. The first-order valence-electron chi connectivity index (χ1n) is 8.95. The molecular weight excluding hydrogens is 256 g/mol. The molecule has 1 nitrogen and oxygen atoms in total. The lowest BCUT2D eigenvalue weighted by molar-refractivity contribution is -0.0766. The summed E-state index contributed by atoms with van der Waals surface area (Å²) in [6.45, 7) is 2.15. The topological polar surface area (TPSA) is 20.2 Å². The quantitative estimate of drug-likeness (QED) is 0.825. The van der Waals surface area contributed by atoms with Crippen LogP contribution in [0.2, 0.25) is 0 Å². The van der Waals surface area contributed by atoms with Gasteiger partial charge in [-0.3, -0.25) is 0 Å². The minimum atomic E-state index is -0.450. The molecule has 2 atom stereocenters. The first-order valence-corrected chi connectivity index (χ1v) is 8.95. The molecule has 1 heteroatoms. The Morgan fingerprint density at radius 1 is 1.05 bits per heavy atom. The Labute approximate surface area is 129 Å². The molecule has 0 saturated heterocycles. The molecule has 1 aromatic carbocycles. The smallest absolute Gasteiger partial charge is 0.0718 e. The van der Waals surface area contributed by atoms with Gasteiger partial charge in [0, 0.05) is 6.42 Å². The molecule has 2 aliphatic rings. The Bertz CT molecular complexity index is 461. The van der Waals surface area contributed by atoms with Crippen molar-refractivity contribution in [1.29, 1.82) is 0 Å². The van der Waals surface area contributed by atoms with Crippen molar-refractivity contribution in [1.82, 2.24) is 0 Å². The second kappa shape index (κ2) is 6.52. The molecule has 2 saturated carbocycles. The van der Waals surface area contributed by atoms with Crippen molar-refractivity contribution < 1.29 is 5.11 Å². The van der Waals surface area contributed by atoms with Gasteiger partial charge < -0.3 is 5.11 Å². The van der Waals surface area contributed by atoms with Crippen LogP contribution in [0.25, 0.3) is 0 Å². The van der Waals surface area contributed by atoms with E-state index >= 15 is 0 Å². The molecule has 1 N–H and O–H groups in total. The van der Waals surface area contributed by atoms with Gasteiger partial charge in [0.25, 0.3) is 0 Å². The van der Waals surface area contributed by atoms with E-state index in [0.29, 0.717) is 5.92 Å². The van der Waals surface area contributed by atoms with Crippen molar-refractivity contribution in [2.75, 3.05) is 0 Å². The van der Waals surface area contributed by atoms with Crippen LogP contribution in [0.1, 0.15) is 68.9 Å². The molecule has 21 heavy (non-hydrogen) atoms. The highest BCUT2D eigenvalue weighted by Gasteiger charge is 2.42. The van der Waals surface area contributed by atoms with Crippen molar-refractivity contribution in [3.63, 3.8) is 0 Å². The lowest BCUT2D eigenvalue weighted by atomic mass is 9.64. The molecule has 0 aromatic heterocycles. The molecule has 0 bridgehead atoms. The zero-order valence-corrected chi connectivity index (χ0v) is 13.5. The van der Waals surface area contributed by atoms with E-state index in [2.05, 4.69) is 31.2 Å². The van der Waals surface area contributed by atoms with E-state index in [0.717, 1.165) is 18.8 Å². The standard InChI is InChI=1S/C20H30O/c1-16-8-7-9-17(14-16)15-20(21)13-6-5-12-19(20)18-10-3-2-4-11-18/h7-9,14,18-19,21H,2-6,10-13,15H2,1H3. The summed E-state index contributed by atoms with van der Waals surface area (Å²) < 4.78 is 0. The number of hydrogen-bond acceptors (Lipinski definition) is 1. The molecule has 2 fully saturated rings. The molecule has 0 spiro atoms. The van der Waals surface area contributed by atoms with Gasteiger partial charge in [-0.2, -0.15) is 0 Å². The highest BCUT2D eigenvalue weighted by atomic mass is 16.3. The summed E-state index contributed by atoms with van der Waals surface area (Å²) in [5.74, 6) is 1.31. The van der Waals surface area contributed by atoms with Gasteiger partial charge in [0.2, 0.25) is 0 Å². The minimum Gasteiger partial charge on any atom is -0.389 e. The van der Waals surface area contributed by atoms with Crippen LogP contribution in [0.5, 0.6) is 0 Å². The van der Waals surface area contributed by atoms with Crippen LogP contribution < -0.4 is 0 Å². The van der Waals surface area contributed by atoms with Crippen LogP contribution in [0.4, 0.5) is 0 Å². The van der Waals surface area contributed by atoms with Crippen molar-refractivity contribution >= 4 is 0 Å². The van der Waals surface area contributed by atoms with Gasteiger partial charge in [-0.25, -0.2) is 0 Å². The van der Waals surface area contributed by atoms with Crippen LogP contribution in [0.15, 0.2) is 24.3 Å². The zero-order chi connectivity index (χ0) is 14.7. The summed E-state index contributed by atoms with van der Waals surface area (Å²) in [5.41, 5.74) is 2.18. The maximum absolute atomic E-state index is 11.4. The third kappa shape index (κ3) is 3.51. The van der Waals surface area contributed by atoms with E-state index in [1.54, 1.807) is 0 Å². The number of benzene rings is 1. The van der Waals surface area contributed by atoms with E-state index < -0.39 is 5.60 Å². The number of aryl methyl sites for hydroxylation is 1. The Morgan fingerprint density at radius 2 is 1.81 bits per heavy atom. The highest BCUT2D eigenvalue weighted by molar-refractivity contribution is 5.24. The first-order chi connectivity index (χ1) is 10.2. The van der Waals surface area contributed by atoms with E-state index in [1.807, 2.05) is 0 Å². The molecule has 1 aromatic rings. The molecular formula is C20H30O. The predicted octanol–water partition coefficient (Wildman–Crippen LogP) is 5.04. The van der Waals surface area contributed by atoms with Gasteiger partial charge in [0.05, 0.1) is 5.60 Å². The van der Waals surface area contributed by atoms with Gasteiger partial charge in [-0.15, -0.1) is 0 Å². The Hall–Kier alpha value is -0.820. The van der Waals surface area contributed by atoms with Crippen LogP contribution >= 0.6 is 0 Å². The van der Waals surface area contributed by atoms with E-state index in [-0.39, 0.29) is 0 Å². The van der Waals surface area contributed by atoms with Gasteiger partial charge >= 0.3 is 0 Å². The first kappa shape index (κ1) is 15.1. The Morgan fingerprint density at radius 3 is 2.57 bits per heavy atom. The molecule has 116 valence electrons. The third-order valence-corrected chi connectivity index (χ3v) is 5.88. The van der Waals surface area contributed by atoms with Crippen molar-refractivity contribution in [3.05, 3.63) is 35.4 Å². The van der Waals surface area contributed by atoms with Crippen molar-refractivity contribution in [2.24, 2.45) is 11.8 Å². The minimum absolute atomic E-state index is 0.450. The van der Waals surface area contributed by atoms with E-state index in [1.165, 1.54) is 62.5 Å². The number of aliphatic hydroxyl groups is 1. The summed E-state index contributed by atoms with van der Waals surface area (Å²) in [7, 11) is 0. The third-order valence-electron chi connectivity index (χ3n) is 5.88. The average Bonchev–Trinajstić information content (AvgIpc) is 2.48. The zero-order valence-electron chi connectivity index (χ0n) is 13.5. The van der Waals surface area contributed by atoms with Gasteiger partial charge in [0.15, 0.2) is 0 Å². The van der Waals surface area contributed by atoms with Crippen molar-refractivity contribution in [2.45, 2.75) is 76.7 Å². The summed E-state index contributed by atoms with van der Waals surface area (Å²) in [6, 6.07) is 8.72. The fourth-order valence-corrected chi connectivity index (χ4v) is 4.86. The number of rotatable bonds is 3. The fraction of sp³-hybridized carbons (Fsp3) is 0.700. The number of hydrogen-bond donors (Lipinski definition) is 1.